The summed E-state index contributed by atoms with van der Waals surface area (Å²) in [5.74, 6) is 0. The van der Waals surface area contributed by atoms with Crippen LogP contribution in [-0.4, -0.2) is 9.55 Å². The Balaban J connectivity index is 3.07. The van der Waals surface area contributed by atoms with Gasteiger partial charge in [-0.1, -0.05) is 11.6 Å². The molecule has 0 fully saturated rings. The first-order valence-electron chi connectivity index (χ1n) is 3.63. The molecule has 1 rings (SSSR count). The van der Waals surface area contributed by atoms with Crippen LogP contribution < -0.4 is 5.73 Å². The summed E-state index contributed by atoms with van der Waals surface area (Å²) in [6.45, 7) is 4.79. The van der Waals surface area contributed by atoms with Crippen LogP contribution in [0.1, 0.15) is 25.6 Å². The number of nitrogens with zero attached hydrogens (tertiary/aromatic N) is 2. The van der Waals surface area contributed by atoms with E-state index in [1.165, 1.54) is 0 Å². The van der Waals surface area contributed by atoms with Crippen molar-refractivity contribution in [2.24, 2.45) is 5.73 Å². The fourth-order valence-electron chi connectivity index (χ4n) is 1.07. The molecule has 0 aliphatic rings. The average Bonchev–Trinajstić information content (AvgIpc) is 2.30. The van der Waals surface area contributed by atoms with Crippen LogP contribution in [0.25, 0.3) is 0 Å². The zero-order valence-corrected chi connectivity index (χ0v) is 7.47. The minimum absolute atomic E-state index is 0.0510. The van der Waals surface area contributed by atoms with E-state index in [1.54, 1.807) is 6.33 Å². The van der Waals surface area contributed by atoms with E-state index in [0.717, 1.165) is 12.2 Å². The molecule has 0 saturated carbocycles. The van der Waals surface area contributed by atoms with Crippen molar-refractivity contribution in [3.63, 3.8) is 0 Å². The Morgan fingerprint density at radius 3 is 2.82 bits per heavy atom. The zero-order chi connectivity index (χ0) is 8.43. The second kappa shape index (κ2) is 3.24. The lowest BCUT2D eigenvalue weighted by atomic mass is 10.3. The number of aromatic nitrogens is 2. The maximum Gasteiger partial charge on any atom is 0.151 e. The Morgan fingerprint density at radius 2 is 2.45 bits per heavy atom. The van der Waals surface area contributed by atoms with Crippen LogP contribution in [0.5, 0.6) is 0 Å². The monoisotopic (exact) mass is 173 g/mol. The van der Waals surface area contributed by atoms with Crippen molar-refractivity contribution in [2.45, 2.75) is 26.4 Å². The van der Waals surface area contributed by atoms with Gasteiger partial charge in [-0.15, -0.1) is 0 Å². The highest BCUT2D eigenvalue weighted by Crippen LogP contribution is 2.19. The minimum Gasteiger partial charge on any atom is -0.332 e. The lowest BCUT2D eigenvalue weighted by Gasteiger charge is -2.08. The molecule has 62 valence electrons. The maximum atomic E-state index is 5.81. The smallest absolute Gasteiger partial charge is 0.151 e. The van der Waals surface area contributed by atoms with Crippen molar-refractivity contribution in [3.8, 4) is 0 Å². The lowest BCUT2D eigenvalue weighted by molar-refractivity contribution is 0.657. The number of nitrogens with two attached hydrogens (primary N) is 1. The molecule has 0 radical (unpaired) electrons. The van der Waals surface area contributed by atoms with Crippen LogP contribution in [0.4, 0.5) is 0 Å². The quantitative estimate of drug-likeness (QED) is 0.738. The summed E-state index contributed by atoms with van der Waals surface area (Å²) in [5.41, 5.74) is 6.60. The summed E-state index contributed by atoms with van der Waals surface area (Å²) < 4.78 is 1.95. The highest BCUT2D eigenvalue weighted by atomic mass is 35.5. The van der Waals surface area contributed by atoms with Crippen molar-refractivity contribution in [1.82, 2.24) is 9.55 Å². The summed E-state index contributed by atoms with van der Waals surface area (Å²) in [5, 5.41) is 0.516. The molecule has 0 aromatic carbocycles. The zero-order valence-electron chi connectivity index (χ0n) is 6.71. The van der Waals surface area contributed by atoms with Crippen molar-refractivity contribution < 1.29 is 0 Å². The minimum atomic E-state index is -0.0510. The Morgan fingerprint density at radius 1 is 1.82 bits per heavy atom. The molecule has 0 aliphatic heterocycles. The molecule has 0 saturated heterocycles. The molecule has 1 aromatic heterocycles. The standard InChI is InChI=1S/C7H12ClN3/c1-3-11-4-10-7(8)6(11)5(2)9/h4-5H,3,9H2,1-2H3/t5-/m0/s1. The molecular weight excluding hydrogens is 162 g/mol. The van der Waals surface area contributed by atoms with Gasteiger partial charge in [0.15, 0.2) is 5.15 Å². The van der Waals surface area contributed by atoms with E-state index in [-0.39, 0.29) is 6.04 Å². The predicted molar refractivity (Wildman–Crippen MR) is 45.5 cm³/mol. The largest absolute Gasteiger partial charge is 0.332 e. The number of hydrogen-bond donors (Lipinski definition) is 1. The van der Waals surface area contributed by atoms with Gasteiger partial charge in [0.1, 0.15) is 0 Å². The summed E-state index contributed by atoms with van der Waals surface area (Å²) in [4.78, 5) is 3.96. The number of imidazole rings is 1. The van der Waals surface area contributed by atoms with Crippen molar-refractivity contribution in [3.05, 3.63) is 17.2 Å². The molecule has 1 aromatic rings. The van der Waals surface area contributed by atoms with E-state index in [2.05, 4.69) is 4.98 Å². The van der Waals surface area contributed by atoms with Crippen molar-refractivity contribution >= 4 is 11.6 Å². The molecule has 0 spiro atoms. The normalized spacial score (nSPS) is 13.5. The summed E-state index contributed by atoms with van der Waals surface area (Å²) in [7, 11) is 0. The maximum absolute atomic E-state index is 5.81. The summed E-state index contributed by atoms with van der Waals surface area (Å²) in [6, 6.07) is -0.0510. The second-order valence-corrected chi connectivity index (χ2v) is 2.85. The second-order valence-electron chi connectivity index (χ2n) is 2.50. The van der Waals surface area contributed by atoms with Crippen LogP contribution in [0.15, 0.2) is 6.33 Å². The Hall–Kier alpha value is -0.540. The van der Waals surface area contributed by atoms with E-state index in [4.69, 9.17) is 17.3 Å². The first-order valence-corrected chi connectivity index (χ1v) is 4.00. The fourth-order valence-corrected chi connectivity index (χ4v) is 1.39. The Kier molecular flexibility index (Phi) is 2.52. The van der Waals surface area contributed by atoms with Crippen molar-refractivity contribution in [2.75, 3.05) is 0 Å². The number of aryl methyl sites for hydroxylation is 1. The summed E-state index contributed by atoms with van der Waals surface area (Å²) in [6.07, 6.45) is 1.71. The lowest BCUT2D eigenvalue weighted by Crippen LogP contribution is -2.11. The van der Waals surface area contributed by atoms with E-state index in [1.807, 2.05) is 18.4 Å². The third-order valence-electron chi connectivity index (χ3n) is 1.60. The van der Waals surface area contributed by atoms with Crippen LogP contribution in [0.3, 0.4) is 0 Å². The van der Waals surface area contributed by atoms with E-state index < -0.39 is 0 Å². The van der Waals surface area contributed by atoms with E-state index in [9.17, 15) is 0 Å². The van der Waals surface area contributed by atoms with Gasteiger partial charge in [0.05, 0.1) is 12.0 Å². The van der Waals surface area contributed by atoms with Crippen molar-refractivity contribution in [1.29, 1.82) is 0 Å². The number of hydrogen-bond acceptors (Lipinski definition) is 2. The first-order chi connectivity index (χ1) is 5.16. The van der Waals surface area contributed by atoms with Gasteiger partial charge in [0, 0.05) is 12.6 Å². The highest BCUT2D eigenvalue weighted by molar-refractivity contribution is 6.30. The van der Waals surface area contributed by atoms with Gasteiger partial charge in [-0.3, -0.25) is 0 Å². The predicted octanol–water partition coefficient (Wildman–Crippen LogP) is 1.58. The van der Waals surface area contributed by atoms with E-state index >= 15 is 0 Å². The van der Waals surface area contributed by atoms with Gasteiger partial charge in [0.2, 0.25) is 0 Å². The van der Waals surface area contributed by atoms with E-state index in [0.29, 0.717) is 5.15 Å². The van der Waals surface area contributed by atoms with Crippen LogP contribution in [0, 0.1) is 0 Å². The number of rotatable bonds is 2. The van der Waals surface area contributed by atoms with Gasteiger partial charge < -0.3 is 10.3 Å². The van der Waals surface area contributed by atoms with Crippen LogP contribution in [-0.2, 0) is 6.54 Å². The third kappa shape index (κ3) is 1.54. The third-order valence-corrected chi connectivity index (χ3v) is 1.89. The molecule has 2 N–H and O–H groups in total. The molecule has 11 heavy (non-hydrogen) atoms. The molecule has 1 heterocycles. The molecule has 0 bridgehead atoms. The van der Waals surface area contributed by atoms with Gasteiger partial charge in [0.25, 0.3) is 0 Å². The molecule has 3 nitrogen and oxygen atoms in total. The summed E-state index contributed by atoms with van der Waals surface area (Å²) >= 11 is 5.81. The molecule has 4 heteroatoms. The molecule has 1 atom stereocenters. The molecule has 0 amide bonds. The molecule has 0 aliphatic carbocycles. The number of halogens is 1. The van der Waals surface area contributed by atoms with Gasteiger partial charge in [-0.2, -0.15) is 0 Å². The Labute approximate surface area is 71.2 Å². The fraction of sp³-hybridized carbons (Fsp3) is 0.571. The topological polar surface area (TPSA) is 43.8 Å². The van der Waals surface area contributed by atoms with Crippen LogP contribution in [0.2, 0.25) is 5.15 Å². The average molecular weight is 174 g/mol. The van der Waals surface area contributed by atoms with Crippen LogP contribution >= 0.6 is 11.6 Å². The molecular formula is C7H12ClN3. The van der Waals surface area contributed by atoms with Gasteiger partial charge in [-0.25, -0.2) is 4.98 Å². The van der Waals surface area contributed by atoms with Gasteiger partial charge >= 0.3 is 0 Å². The molecule has 0 unspecified atom stereocenters. The highest BCUT2D eigenvalue weighted by Gasteiger charge is 2.10. The Bertz CT molecular complexity index is 242. The SMILES string of the molecule is CCn1cnc(Cl)c1[C@H](C)N. The first kappa shape index (κ1) is 8.56. The van der Waals surface area contributed by atoms with Gasteiger partial charge in [-0.05, 0) is 13.8 Å².